The van der Waals surface area contributed by atoms with Gasteiger partial charge in [-0.2, -0.15) is 0 Å². The van der Waals surface area contributed by atoms with E-state index < -0.39 is 0 Å². The second kappa shape index (κ2) is 8.24. The molecule has 0 saturated carbocycles. The molecule has 0 bridgehead atoms. The normalized spacial score (nSPS) is 11.0. The molecule has 0 radical (unpaired) electrons. The minimum absolute atomic E-state index is 0.392. The lowest BCUT2D eigenvalue weighted by Crippen LogP contribution is -2.09. The third-order valence-electron chi connectivity index (χ3n) is 4.24. The third kappa shape index (κ3) is 3.97. The highest BCUT2D eigenvalue weighted by Crippen LogP contribution is 2.36. The van der Waals surface area contributed by atoms with Crippen LogP contribution in [-0.4, -0.2) is 28.6 Å². The Labute approximate surface area is 162 Å². The molecule has 0 aliphatic heterocycles. The summed E-state index contributed by atoms with van der Waals surface area (Å²) in [4.78, 5) is 14.7. The van der Waals surface area contributed by atoms with Crippen LogP contribution >= 0.6 is 11.3 Å². The van der Waals surface area contributed by atoms with Crippen LogP contribution in [0.15, 0.2) is 60.1 Å². The summed E-state index contributed by atoms with van der Waals surface area (Å²) in [5.41, 5.74) is 3.38. The molecule has 0 saturated heterocycles. The molecule has 0 atom stereocenters. The van der Waals surface area contributed by atoms with Crippen LogP contribution in [0.2, 0.25) is 0 Å². The van der Waals surface area contributed by atoms with Gasteiger partial charge in [0.2, 0.25) is 0 Å². The molecule has 0 aliphatic carbocycles. The summed E-state index contributed by atoms with van der Waals surface area (Å²) in [6, 6.07) is 16.3. The van der Waals surface area contributed by atoms with E-state index in [1.165, 1.54) is 5.56 Å². The summed E-state index contributed by atoms with van der Waals surface area (Å²) in [6.07, 6.45) is 2.65. The molecular weight excluding hydrogens is 356 g/mol. The van der Waals surface area contributed by atoms with E-state index in [-0.39, 0.29) is 0 Å². The van der Waals surface area contributed by atoms with Gasteiger partial charge in [0.1, 0.15) is 17.3 Å². The number of hydrogen-bond acceptors (Lipinski definition) is 6. The van der Waals surface area contributed by atoms with E-state index in [4.69, 9.17) is 9.72 Å². The van der Waals surface area contributed by atoms with Crippen molar-refractivity contribution in [1.29, 1.82) is 0 Å². The second-order valence-electron chi connectivity index (χ2n) is 6.11. The van der Waals surface area contributed by atoms with Gasteiger partial charge in [0.05, 0.1) is 5.39 Å². The monoisotopic (exact) mass is 376 g/mol. The van der Waals surface area contributed by atoms with Crippen LogP contribution in [0.25, 0.3) is 21.3 Å². The lowest BCUT2D eigenvalue weighted by atomic mass is 10.1. The van der Waals surface area contributed by atoms with Gasteiger partial charge in [-0.3, -0.25) is 4.98 Å². The molecule has 0 aliphatic rings. The van der Waals surface area contributed by atoms with Gasteiger partial charge in [0.15, 0.2) is 5.82 Å². The van der Waals surface area contributed by atoms with Gasteiger partial charge in [-0.15, -0.1) is 11.3 Å². The van der Waals surface area contributed by atoms with Gasteiger partial charge >= 0.3 is 0 Å². The molecule has 1 N–H and O–H groups in total. The highest BCUT2D eigenvalue weighted by atomic mass is 32.1. The van der Waals surface area contributed by atoms with Crippen molar-refractivity contribution in [2.45, 2.75) is 13.0 Å². The molecule has 0 amide bonds. The van der Waals surface area contributed by atoms with Gasteiger partial charge in [-0.1, -0.05) is 36.4 Å². The topological polar surface area (TPSA) is 59.9 Å². The number of methoxy groups -OCH3 is 1. The standard InChI is InChI=1S/C21H20N4OS/c1-26-13-18-24-20(23-12-10-16-9-5-6-11-22-16)19-17(14-27-21(19)25-18)15-7-3-2-4-8-15/h2-9,11,14H,10,12-13H2,1H3,(H,23,24,25). The van der Waals surface area contributed by atoms with E-state index >= 15 is 0 Å². The summed E-state index contributed by atoms with van der Waals surface area (Å²) < 4.78 is 5.24. The molecule has 0 unspecified atom stereocenters. The first-order valence-electron chi connectivity index (χ1n) is 8.81. The van der Waals surface area contributed by atoms with Gasteiger partial charge in [-0.05, 0) is 17.7 Å². The first-order valence-corrected chi connectivity index (χ1v) is 9.69. The van der Waals surface area contributed by atoms with Crippen molar-refractivity contribution in [3.8, 4) is 11.1 Å². The Morgan fingerprint density at radius 2 is 1.89 bits per heavy atom. The minimum Gasteiger partial charge on any atom is -0.377 e. The van der Waals surface area contributed by atoms with Crippen LogP contribution in [0.5, 0.6) is 0 Å². The highest BCUT2D eigenvalue weighted by molar-refractivity contribution is 7.17. The zero-order valence-corrected chi connectivity index (χ0v) is 15.9. The highest BCUT2D eigenvalue weighted by Gasteiger charge is 2.15. The summed E-state index contributed by atoms with van der Waals surface area (Å²) in [5.74, 6) is 1.54. The number of rotatable bonds is 7. The largest absolute Gasteiger partial charge is 0.377 e. The van der Waals surface area contributed by atoms with Crippen molar-refractivity contribution in [1.82, 2.24) is 15.0 Å². The van der Waals surface area contributed by atoms with E-state index in [0.29, 0.717) is 12.4 Å². The zero-order valence-electron chi connectivity index (χ0n) is 15.1. The van der Waals surface area contributed by atoms with Crippen LogP contribution < -0.4 is 5.32 Å². The molecule has 1 aromatic carbocycles. The first-order chi connectivity index (χ1) is 13.3. The fourth-order valence-electron chi connectivity index (χ4n) is 2.99. The summed E-state index contributed by atoms with van der Waals surface area (Å²) in [5, 5.41) is 6.70. The van der Waals surface area contributed by atoms with E-state index in [0.717, 1.165) is 40.3 Å². The molecule has 4 rings (SSSR count). The Morgan fingerprint density at radius 3 is 2.67 bits per heavy atom. The Balaban J connectivity index is 1.68. The summed E-state index contributed by atoms with van der Waals surface area (Å²) in [6.45, 7) is 1.14. The van der Waals surface area contributed by atoms with E-state index in [2.05, 4.69) is 32.8 Å². The average Bonchev–Trinajstić information content (AvgIpc) is 3.14. The van der Waals surface area contributed by atoms with E-state index in [1.54, 1.807) is 18.4 Å². The maximum absolute atomic E-state index is 5.24. The number of pyridine rings is 1. The Kier molecular flexibility index (Phi) is 5.37. The number of benzene rings is 1. The van der Waals surface area contributed by atoms with Gasteiger partial charge in [0.25, 0.3) is 0 Å². The smallest absolute Gasteiger partial charge is 0.158 e. The van der Waals surface area contributed by atoms with E-state index in [1.807, 2.05) is 42.6 Å². The summed E-state index contributed by atoms with van der Waals surface area (Å²) >= 11 is 1.63. The molecule has 0 spiro atoms. The zero-order chi connectivity index (χ0) is 18.5. The lowest BCUT2D eigenvalue weighted by Gasteiger charge is -2.10. The fourth-order valence-corrected chi connectivity index (χ4v) is 3.96. The van der Waals surface area contributed by atoms with Crippen LogP contribution in [0.4, 0.5) is 5.82 Å². The van der Waals surface area contributed by atoms with Crippen molar-refractivity contribution in [3.05, 3.63) is 71.6 Å². The lowest BCUT2D eigenvalue weighted by molar-refractivity contribution is 0.178. The molecule has 0 fully saturated rings. The van der Waals surface area contributed by atoms with Crippen molar-refractivity contribution in [2.24, 2.45) is 0 Å². The summed E-state index contributed by atoms with van der Waals surface area (Å²) in [7, 11) is 1.66. The van der Waals surface area contributed by atoms with Gasteiger partial charge in [0, 0.05) is 42.9 Å². The predicted molar refractivity (Wildman–Crippen MR) is 110 cm³/mol. The molecule has 3 aromatic heterocycles. The number of aromatic nitrogens is 3. The second-order valence-corrected chi connectivity index (χ2v) is 6.97. The van der Waals surface area contributed by atoms with Crippen molar-refractivity contribution < 1.29 is 4.74 Å². The van der Waals surface area contributed by atoms with E-state index in [9.17, 15) is 0 Å². The molecule has 136 valence electrons. The third-order valence-corrected chi connectivity index (χ3v) is 5.11. The number of ether oxygens (including phenoxy) is 1. The van der Waals surface area contributed by atoms with Crippen LogP contribution in [0.3, 0.4) is 0 Å². The SMILES string of the molecule is COCc1nc(NCCc2ccccn2)c2c(-c3ccccc3)csc2n1. The average molecular weight is 376 g/mol. The molecule has 5 nitrogen and oxygen atoms in total. The van der Waals surface area contributed by atoms with Crippen LogP contribution in [0.1, 0.15) is 11.5 Å². The van der Waals surface area contributed by atoms with Crippen molar-refractivity contribution >= 4 is 27.4 Å². The fraction of sp³-hybridized carbons (Fsp3) is 0.190. The molecule has 4 aromatic rings. The molecule has 6 heteroatoms. The molecular formula is C21H20N4OS. The number of fused-ring (bicyclic) bond motifs is 1. The number of nitrogens with one attached hydrogen (secondary N) is 1. The van der Waals surface area contributed by atoms with Crippen LogP contribution in [-0.2, 0) is 17.8 Å². The Bertz CT molecular complexity index is 1020. The maximum Gasteiger partial charge on any atom is 0.158 e. The Hall–Kier alpha value is -2.83. The number of anilines is 1. The predicted octanol–water partition coefficient (Wildman–Crippen LogP) is 4.55. The molecule has 27 heavy (non-hydrogen) atoms. The van der Waals surface area contributed by atoms with Crippen molar-refractivity contribution in [3.63, 3.8) is 0 Å². The minimum atomic E-state index is 0.392. The Morgan fingerprint density at radius 1 is 1.04 bits per heavy atom. The number of thiophene rings is 1. The first kappa shape index (κ1) is 17.6. The quantitative estimate of drug-likeness (QED) is 0.513. The molecule has 3 heterocycles. The number of nitrogens with zero attached hydrogens (tertiary/aromatic N) is 3. The van der Waals surface area contributed by atoms with Crippen LogP contribution in [0, 0.1) is 0 Å². The maximum atomic E-state index is 5.24. The van der Waals surface area contributed by atoms with Gasteiger partial charge in [-0.25, -0.2) is 9.97 Å². The number of hydrogen-bond donors (Lipinski definition) is 1. The van der Waals surface area contributed by atoms with Crippen molar-refractivity contribution in [2.75, 3.05) is 19.0 Å². The van der Waals surface area contributed by atoms with Gasteiger partial charge < -0.3 is 10.1 Å².